The summed E-state index contributed by atoms with van der Waals surface area (Å²) in [5, 5.41) is 0. The summed E-state index contributed by atoms with van der Waals surface area (Å²) in [6.45, 7) is 16.6. The minimum absolute atomic E-state index is 0.269. The van der Waals surface area contributed by atoms with Crippen LogP contribution in [-0.2, 0) is 15.9 Å². The number of piperidine rings is 1. The molecule has 0 saturated carbocycles. The largest absolute Gasteiger partial charge is 0.494 e. The van der Waals surface area contributed by atoms with Gasteiger partial charge in [0.1, 0.15) is 0 Å². The SMILES string of the molecule is CCC1(CC)CCN(Cc2cccc(B3OC(C)(C)C(C)(C)O3)c2)CC1. The number of nitrogens with zero attached hydrogens (tertiary/aromatic N) is 1. The molecule has 0 aromatic heterocycles. The van der Waals surface area contributed by atoms with Gasteiger partial charge in [-0.05, 0) is 70.1 Å². The lowest BCUT2D eigenvalue weighted by molar-refractivity contribution is 0.00578. The van der Waals surface area contributed by atoms with Crippen molar-refractivity contribution >= 4 is 12.6 Å². The maximum absolute atomic E-state index is 6.22. The Hall–Kier alpha value is -0.835. The fraction of sp³-hybridized carbons (Fsp3) is 0.727. The van der Waals surface area contributed by atoms with Crippen LogP contribution >= 0.6 is 0 Å². The molecule has 3 nitrogen and oxygen atoms in total. The van der Waals surface area contributed by atoms with Crippen molar-refractivity contribution in [3.63, 3.8) is 0 Å². The van der Waals surface area contributed by atoms with E-state index in [9.17, 15) is 0 Å². The molecule has 0 bridgehead atoms. The van der Waals surface area contributed by atoms with Gasteiger partial charge in [-0.1, -0.05) is 51.0 Å². The number of hydrogen-bond donors (Lipinski definition) is 0. The van der Waals surface area contributed by atoms with Gasteiger partial charge in [-0.2, -0.15) is 0 Å². The highest BCUT2D eigenvalue weighted by Crippen LogP contribution is 2.38. The van der Waals surface area contributed by atoms with Crippen molar-refractivity contribution in [3.8, 4) is 0 Å². The van der Waals surface area contributed by atoms with Crippen LogP contribution in [0.1, 0.15) is 72.8 Å². The second-order valence-electron chi connectivity index (χ2n) is 9.32. The van der Waals surface area contributed by atoms with Crippen LogP contribution in [0.2, 0.25) is 0 Å². The molecule has 0 radical (unpaired) electrons. The zero-order valence-corrected chi connectivity index (χ0v) is 17.6. The third-order valence-corrected chi connectivity index (χ3v) is 7.30. The molecule has 2 fully saturated rings. The Bertz CT molecular complexity index is 598. The molecular formula is C22H36BNO2. The quantitative estimate of drug-likeness (QED) is 0.730. The van der Waals surface area contributed by atoms with Crippen molar-refractivity contribution < 1.29 is 9.31 Å². The Balaban J connectivity index is 1.64. The van der Waals surface area contributed by atoms with E-state index >= 15 is 0 Å². The molecule has 144 valence electrons. The van der Waals surface area contributed by atoms with Crippen LogP contribution in [0, 0.1) is 5.41 Å². The minimum Gasteiger partial charge on any atom is -0.399 e. The summed E-state index contributed by atoms with van der Waals surface area (Å²) in [5.74, 6) is 0. The first kappa shape index (κ1) is 19.9. The molecule has 0 N–H and O–H groups in total. The van der Waals surface area contributed by atoms with Gasteiger partial charge in [-0.3, -0.25) is 4.90 Å². The van der Waals surface area contributed by atoms with Gasteiger partial charge in [0.2, 0.25) is 0 Å². The fourth-order valence-electron chi connectivity index (χ4n) is 4.22. The Morgan fingerprint density at radius 3 is 2.08 bits per heavy atom. The normalized spacial score (nSPS) is 24.8. The van der Waals surface area contributed by atoms with Gasteiger partial charge in [0.25, 0.3) is 0 Å². The molecule has 0 unspecified atom stereocenters. The summed E-state index contributed by atoms with van der Waals surface area (Å²) < 4.78 is 12.4. The molecule has 2 heterocycles. The number of likely N-dealkylation sites (tertiary alicyclic amines) is 1. The van der Waals surface area contributed by atoms with Crippen LogP contribution in [-0.4, -0.2) is 36.3 Å². The average molecular weight is 357 g/mol. The Morgan fingerprint density at radius 2 is 1.54 bits per heavy atom. The summed E-state index contributed by atoms with van der Waals surface area (Å²) in [4.78, 5) is 2.60. The zero-order valence-electron chi connectivity index (χ0n) is 17.6. The lowest BCUT2D eigenvalue weighted by Crippen LogP contribution is -2.41. The first-order chi connectivity index (χ1) is 12.2. The van der Waals surface area contributed by atoms with E-state index in [0.29, 0.717) is 5.41 Å². The molecule has 4 heteroatoms. The first-order valence-corrected chi connectivity index (χ1v) is 10.4. The number of benzene rings is 1. The summed E-state index contributed by atoms with van der Waals surface area (Å²) in [7, 11) is -0.269. The third kappa shape index (κ3) is 3.88. The van der Waals surface area contributed by atoms with Gasteiger partial charge in [0.05, 0.1) is 11.2 Å². The highest BCUT2D eigenvalue weighted by molar-refractivity contribution is 6.62. The molecule has 0 atom stereocenters. The lowest BCUT2D eigenvalue weighted by Gasteiger charge is -2.41. The first-order valence-electron chi connectivity index (χ1n) is 10.4. The van der Waals surface area contributed by atoms with Gasteiger partial charge >= 0.3 is 7.12 Å². The van der Waals surface area contributed by atoms with Crippen molar-refractivity contribution in [2.45, 2.75) is 85.0 Å². The highest BCUT2D eigenvalue weighted by atomic mass is 16.7. The van der Waals surface area contributed by atoms with Crippen LogP contribution in [0.4, 0.5) is 0 Å². The Morgan fingerprint density at radius 1 is 0.962 bits per heavy atom. The summed E-state index contributed by atoms with van der Waals surface area (Å²) in [6.07, 6.45) is 5.29. The van der Waals surface area contributed by atoms with E-state index in [-0.39, 0.29) is 18.3 Å². The van der Waals surface area contributed by atoms with E-state index in [1.165, 1.54) is 44.3 Å². The van der Waals surface area contributed by atoms with Gasteiger partial charge in [-0.25, -0.2) is 0 Å². The molecule has 2 saturated heterocycles. The van der Waals surface area contributed by atoms with Crippen molar-refractivity contribution in [3.05, 3.63) is 29.8 Å². The maximum Gasteiger partial charge on any atom is 0.494 e. The van der Waals surface area contributed by atoms with Crippen LogP contribution in [0.25, 0.3) is 0 Å². The maximum atomic E-state index is 6.22. The monoisotopic (exact) mass is 357 g/mol. The van der Waals surface area contributed by atoms with Crippen molar-refractivity contribution in [2.75, 3.05) is 13.1 Å². The molecule has 26 heavy (non-hydrogen) atoms. The van der Waals surface area contributed by atoms with E-state index in [1.54, 1.807) is 0 Å². The molecule has 1 aromatic rings. The second kappa shape index (κ2) is 7.29. The van der Waals surface area contributed by atoms with Crippen LogP contribution < -0.4 is 5.46 Å². The molecule has 0 amide bonds. The molecule has 0 aliphatic carbocycles. The topological polar surface area (TPSA) is 21.7 Å². The molecule has 3 rings (SSSR count). The minimum atomic E-state index is -0.288. The lowest BCUT2D eigenvalue weighted by atomic mass is 9.74. The zero-order chi connectivity index (χ0) is 19.0. The predicted molar refractivity (Wildman–Crippen MR) is 110 cm³/mol. The second-order valence-corrected chi connectivity index (χ2v) is 9.32. The number of rotatable bonds is 5. The Kier molecular flexibility index (Phi) is 5.59. The third-order valence-electron chi connectivity index (χ3n) is 7.30. The van der Waals surface area contributed by atoms with E-state index < -0.39 is 0 Å². The van der Waals surface area contributed by atoms with Crippen LogP contribution in [0.3, 0.4) is 0 Å². The fourth-order valence-corrected chi connectivity index (χ4v) is 4.22. The molecular weight excluding hydrogens is 321 g/mol. The summed E-state index contributed by atoms with van der Waals surface area (Å²) >= 11 is 0. The molecule has 2 aliphatic heterocycles. The predicted octanol–water partition coefficient (Wildman–Crippen LogP) is 4.39. The van der Waals surface area contributed by atoms with Crippen molar-refractivity contribution in [1.82, 2.24) is 4.90 Å². The smallest absolute Gasteiger partial charge is 0.399 e. The average Bonchev–Trinajstić information content (AvgIpc) is 2.84. The van der Waals surface area contributed by atoms with Gasteiger partial charge in [0.15, 0.2) is 0 Å². The molecule has 0 spiro atoms. The number of hydrogen-bond acceptors (Lipinski definition) is 3. The van der Waals surface area contributed by atoms with E-state index in [0.717, 1.165) is 12.0 Å². The summed E-state index contributed by atoms with van der Waals surface area (Å²) in [6, 6.07) is 8.77. The van der Waals surface area contributed by atoms with Gasteiger partial charge in [0, 0.05) is 6.54 Å². The molecule has 1 aromatic carbocycles. The van der Waals surface area contributed by atoms with Crippen LogP contribution in [0.15, 0.2) is 24.3 Å². The van der Waals surface area contributed by atoms with Gasteiger partial charge < -0.3 is 9.31 Å². The highest BCUT2D eigenvalue weighted by Gasteiger charge is 2.51. The van der Waals surface area contributed by atoms with E-state index in [1.807, 2.05) is 0 Å². The molecule has 2 aliphatic rings. The Labute approximate surface area is 160 Å². The van der Waals surface area contributed by atoms with Gasteiger partial charge in [-0.15, -0.1) is 0 Å². The van der Waals surface area contributed by atoms with Crippen LogP contribution in [0.5, 0.6) is 0 Å². The van der Waals surface area contributed by atoms with E-state index in [2.05, 4.69) is 70.7 Å². The summed E-state index contributed by atoms with van der Waals surface area (Å²) in [5.41, 5.74) is 2.50. The standard InChI is InChI=1S/C22H36BNO2/c1-7-22(8-2)12-14-24(15-13-22)17-18-10-9-11-19(16-18)23-25-20(3,4)21(5,6)26-23/h9-11,16H,7-8,12-15,17H2,1-6H3. The van der Waals surface area contributed by atoms with Crippen molar-refractivity contribution in [2.24, 2.45) is 5.41 Å². The van der Waals surface area contributed by atoms with E-state index in [4.69, 9.17) is 9.31 Å². The van der Waals surface area contributed by atoms with Crippen molar-refractivity contribution in [1.29, 1.82) is 0 Å².